The van der Waals surface area contributed by atoms with Crippen molar-refractivity contribution in [1.82, 2.24) is 14.9 Å². The standard InChI is InChI=1S/C13H13BrClN3/c14-13-9(15)3-1-5-11(13)18-8-16-7-12(18)10-4-2-6-17-10/h1,3,5,7-8,10,17H,2,4,6H2. The zero-order valence-corrected chi connectivity index (χ0v) is 12.1. The quantitative estimate of drug-likeness (QED) is 0.911. The summed E-state index contributed by atoms with van der Waals surface area (Å²) < 4.78 is 3.00. The molecule has 1 unspecified atom stereocenters. The lowest BCUT2D eigenvalue weighted by Gasteiger charge is -2.15. The number of benzene rings is 1. The molecule has 1 fully saturated rings. The molecule has 0 aliphatic carbocycles. The van der Waals surface area contributed by atoms with Gasteiger partial charge in [-0.25, -0.2) is 4.98 Å². The highest BCUT2D eigenvalue weighted by molar-refractivity contribution is 9.10. The summed E-state index contributed by atoms with van der Waals surface area (Å²) in [4.78, 5) is 4.27. The van der Waals surface area contributed by atoms with E-state index in [0.717, 1.165) is 23.1 Å². The first-order valence-corrected chi connectivity index (χ1v) is 7.14. The summed E-state index contributed by atoms with van der Waals surface area (Å²) in [6, 6.07) is 6.25. The Morgan fingerprint density at radius 3 is 3.11 bits per heavy atom. The van der Waals surface area contributed by atoms with Gasteiger partial charge in [0.25, 0.3) is 0 Å². The van der Waals surface area contributed by atoms with Crippen LogP contribution < -0.4 is 5.32 Å². The fourth-order valence-corrected chi connectivity index (χ4v) is 3.00. The van der Waals surface area contributed by atoms with Crippen molar-refractivity contribution >= 4 is 27.5 Å². The highest BCUT2D eigenvalue weighted by atomic mass is 79.9. The first-order valence-electron chi connectivity index (χ1n) is 5.97. The number of nitrogens with zero attached hydrogens (tertiary/aromatic N) is 2. The van der Waals surface area contributed by atoms with Crippen LogP contribution in [0.4, 0.5) is 0 Å². The summed E-state index contributed by atoms with van der Waals surface area (Å²) >= 11 is 9.69. The maximum absolute atomic E-state index is 6.15. The minimum atomic E-state index is 0.387. The third-order valence-electron chi connectivity index (χ3n) is 3.28. The van der Waals surface area contributed by atoms with Gasteiger partial charge in [-0.05, 0) is 47.4 Å². The van der Waals surface area contributed by atoms with Crippen LogP contribution in [0.25, 0.3) is 5.69 Å². The molecular weight excluding hydrogens is 314 g/mol. The van der Waals surface area contributed by atoms with Crippen LogP contribution in [0.1, 0.15) is 24.6 Å². The van der Waals surface area contributed by atoms with E-state index in [4.69, 9.17) is 11.6 Å². The lowest BCUT2D eigenvalue weighted by atomic mass is 10.1. The van der Waals surface area contributed by atoms with Crippen LogP contribution in [0, 0.1) is 0 Å². The molecular formula is C13H13BrClN3. The number of imidazole rings is 1. The van der Waals surface area contributed by atoms with Gasteiger partial charge in [-0.2, -0.15) is 0 Å². The van der Waals surface area contributed by atoms with E-state index in [2.05, 4.69) is 30.8 Å². The van der Waals surface area contributed by atoms with Crippen molar-refractivity contribution in [2.75, 3.05) is 6.54 Å². The first kappa shape index (κ1) is 12.2. The Hall–Kier alpha value is -0.840. The maximum Gasteiger partial charge on any atom is 0.0995 e. The molecule has 0 bridgehead atoms. The zero-order valence-electron chi connectivity index (χ0n) is 9.74. The largest absolute Gasteiger partial charge is 0.309 e. The van der Waals surface area contributed by atoms with Gasteiger partial charge in [0, 0.05) is 6.04 Å². The van der Waals surface area contributed by atoms with Crippen molar-refractivity contribution in [2.45, 2.75) is 18.9 Å². The molecule has 1 aliphatic heterocycles. The van der Waals surface area contributed by atoms with Crippen LogP contribution in [0.15, 0.2) is 35.2 Å². The van der Waals surface area contributed by atoms with Gasteiger partial charge in [-0.1, -0.05) is 17.7 Å². The number of halogens is 2. The highest BCUT2D eigenvalue weighted by Gasteiger charge is 2.21. The molecule has 0 spiro atoms. The summed E-state index contributed by atoms with van der Waals surface area (Å²) in [6.07, 6.45) is 6.14. The molecule has 5 heteroatoms. The summed E-state index contributed by atoms with van der Waals surface area (Å²) in [5.74, 6) is 0. The second kappa shape index (κ2) is 5.03. The van der Waals surface area contributed by atoms with Gasteiger partial charge in [-0.15, -0.1) is 0 Å². The summed E-state index contributed by atoms with van der Waals surface area (Å²) in [5.41, 5.74) is 2.22. The second-order valence-corrected chi connectivity index (χ2v) is 5.61. The van der Waals surface area contributed by atoms with Gasteiger partial charge in [-0.3, -0.25) is 0 Å². The SMILES string of the molecule is Clc1cccc(-n2cncc2C2CCCN2)c1Br. The molecule has 0 saturated carbocycles. The lowest BCUT2D eigenvalue weighted by molar-refractivity contribution is 0.615. The smallest absolute Gasteiger partial charge is 0.0995 e. The van der Waals surface area contributed by atoms with E-state index >= 15 is 0 Å². The van der Waals surface area contributed by atoms with Crippen molar-refractivity contribution in [2.24, 2.45) is 0 Å². The summed E-state index contributed by atoms with van der Waals surface area (Å²) in [7, 11) is 0. The van der Waals surface area contributed by atoms with Gasteiger partial charge in [0.2, 0.25) is 0 Å². The normalized spacial score (nSPS) is 19.3. The van der Waals surface area contributed by atoms with Crippen molar-refractivity contribution in [3.63, 3.8) is 0 Å². The Morgan fingerprint density at radius 2 is 2.33 bits per heavy atom. The molecule has 2 aromatic rings. The molecule has 1 atom stereocenters. The monoisotopic (exact) mass is 325 g/mol. The third kappa shape index (κ3) is 2.09. The molecule has 1 aliphatic rings. The van der Waals surface area contributed by atoms with E-state index in [-0.39, 0.29) is 0 Å². The molecule has 0 amide bonds. The Labute approximate surface area is 119 Å². The van der Waals surface area contributed by atoms with Crippen LogP contribution >= 0.6 is 27.5 Å². The minimum absolute atomic E-state index is 0.387. The van der Waals surface area contributed by atoms with Crippen molar-refractivity contribution in [3.05, 3.63) is 45.9 Å². The topological polar surface area (TPSA) is 29.9 Å². The van der Waals surface area contributed by atoms with Crippen LogP contribution in [0.2, 0.25) is 5.02 Å². The molecule has 18 heavy (non-hydrogen) atoms. The fraction of sp³-hybridized carbons (Fsp3) is 0.308. The van der Waals surface area contributed by atoms with E-state index in [1.807, 2.05) is 30.7 Å². The van der Waals surface area contributed by atoms with E-state index in [1.165, 1.54) is 12.1 Å². The van der Waals surface area contributed by atoms with E-state index in [1.54, 1.807) is 0 Å². The summed E-state index contributed by atoms with van der Waals surface area (Å²) in [5, 5.41) is 4.21. The number of nitrogens with one attached hydrogen (secondary N) is 1. The first-order chi connectivity index (χ1) is 8.77. The molecule has 94 valence electrons. The molecule has 2 heterocycles. The molecule has 1 aromatic carbocycles. The second-order valence-electron chi connectivity index (χ2n) is 4.41. The Kier molecular flexibility index (Phi) is 3.41. The molecule has 1 saturated heterocycles. The van der Waals surface area contributed by atoms with E-state index in [9.17, 15) is 0 Å². The minimum Gasteiger partial charge on any atom is -0.309 e. The average Bonchev–Trinajstić information content (AvgIpc) is 3.01. The van der Waals surface area contributed by atoms with Crippen LogP contribution in [0.3, 0.4) is 0 Å². The van der Waals surface area contributed by atoms with Gasteiger partial charge >= 0.3 is 0 Å². The molecule has 3 nitrogen and oxygen atoms in total. The van der Waals surface area contributed by atoms with Crippen LogP contribution in [-0.4, -0.2) is 16.1 Å². The molecule has 3 rings (SSSR count). The zero-order chi connectivity index (χ0) is 12.5. The predicted octanol–water partition coefficient (Wildman–Crippen LogP) is 3.71. The highest BCUT2D eigenvalue weighted by Crippen LogP contribution is 2.32. The average molecular weight is 327 g/mol. The van der Waals surface area contributed by atoms with Crippen LogP contribution in [-0.2, 0) is 0 Å². The van der Waals surface area contributed by atoms with Gasteiger partial charge in [0.1, 0.15) is 0 Å². The van der Waals surface area contributed by atoms with Gasteiger partial charge < -0.3 is 9.88 Å². The predicted molar refractivity (Wildman–Crippen MR) is 76.3 cm³/mol. The third-order valence-corrected chi connectivity index (χ3v) is 4.65. The fourth-order valence-electron chi connectivity index (χ4n) is 2.38. The maximum atomic E-state index is 6.15. The van der Waals surface area contributed by atoms with Gasteiger partial charge in [0.05, 0.1) is 33.4 Å². The molecule has 0 radical (unpaired) electrons. The Bertz CT molecular complexity index is 561. The summed E-state index contributed by atoms with van der Waals surface area (Å²) in [6.45, 7) is 1.08. The van der Waals surface area contributed by atoms with E-state index < -0.39 is 0 Å². The van der Waals surface area contributed by atoms with Gasteiger partial charge in [0.15, 0.2) is 0 Å². The van der Waals surface area contributed by atoms with Crippen molar-refractivity contribution in [3.8, 4) is 5.69 Å². The van der Waals surface area contributed by atoms with Crippen molar-refractivity contribution < 1.29 is 0 Å². The molecule has 1 N–H and O–H groups in total. The van der Waals surface area contributed by atoms with Crippen molar-refractivity contribution in [1.29, 1.82) is 0 Å². The molecule has 1 aromatic heterocycles. The Balaban J connectivity index is 2.06. The van der Waals surface area contributed by atoms with Crippen LogP contribution in [0.5, 0.6) is 0 Å². The number of hydrogen-bond donors (Lipinski definition) is 1. The Morgan fingerprint density at radius 1 is 1.44 bits per heavy atom. The number of rotatable bonds is 2. The number of aromatic nitrogens is 2. The number of hydrogen-bond acceptors (Lipinski definition) is 2. The lowest BCUT2D eigenvalue weighted by Crippen LogP contribution is -2.16. The van der Waals surface area contributed by atoms with E-state index in [0.29, 0.717) is 11.1 Å².